The number of aromatic amines is 2. The zero-order valence-electron chi connectivity index (χ0n) is 16.3. The quantitative estimate of drug-likeness (QED) is 0.466. The Balaban J connectivity index is 1.80. The summed E-state index contributed by atoms with van der Waals surface area (Å²) in [5.41, 5.74) is 12.9. The Bertz CT molecular complexity index is 1190. The van der Waals surface area contributed by atoms with E-state index < -0.39 is 0 Å². The minimum atomic E-state index is 0.876. The Kier molecular flexibility index (Phi) is 4.71. The van der Waals surface area contributed by atoms with Crippen LogP contribution in [0, 0.1) is 0 Å². The van der Waals surface area contributed by atoms with E-state index in [1.165, 1.54) is 10.9 Å². The number of aliphatic imine (C=N–C) groups is 1. The highest BCUT2D eigenvalue weighted by atomic mass is 15.1. The fourth-order valence-electron chi connectivity index (χ4n) is 3.52. The maximum absolute atomic E-state index is 5.77. The molecule has 0 atom stereocenters. The summed E-state index contributed by atoms with van der Waals surface area (Å²) in [5, 5.41) is 9.90. The average molecular weight is 372 g/mol. The SMILES string of the molecule is CN=CC(=CN)c1ccc2[nH]nc(-c3cc4cc(CN(C)C)ccc4[nH]3)c2c1. The van der Waals surface area contributed by atoms with E-state index in [-0.39, 0.29) is 0 Å². The van der Waals surface area contributed by atoms with Crippen LogP contribution in [0.25, 0.3) is 38.8 Å². The van der Waals surface area contributed by atoms with Gasteiger partial charge in [0.05, 0.1) is 11.2 Å². The monoisotopic (exact) mass is 372 g/mol. The molecular weight excluding hydrogens is 348 g/mol. The van der Waals surface area contributed by atoms with Gasteiger partial charge in [-0.1, -0.05) is 12.1 Å². The van der Waals surface area contributed by atoms with Gasteiger partial charge in [-0.05, 0) is 55.6 Å². The summed E-state index contributed by atoms with van der Waals surface area (Å²) in [5.74, 6) is 0. The third-order valence-corrected chi connectivity index (χ3v) is 4.78. The molecule has 0 saturated carbocycles. The number of nitrogens with one attached hydrogen (secondary N) is 2. The third kappa shape index (κ3) is 3.30. The van der Waals surface area contributed by atoms with Crippen LogP contribution in [0.2, 0.25) is 0 Å². The van der Waals surface area contributed by atoms with E-state index >= 15 is 0 Å². The molecule has 0 amide bonds. The molecule has 2 aromatic heterocycles. The number of nitrogens with zero attached hydrogens (tertiary/aromatic N) is 3. The zero-order chi connectivity index (χ0) is 19.7. The summed E-state index contributed by atoms with van der Waals surface area (Å²) in [6.07, 6.45) is 3.33. The number of nitrogens with two attached hydrogens (primary N) is 1. The lowest BCUT2D eigenvalue weighted by Crippen LogP contribution is -2.10. The Morgan fingerprint density at radius 2 is 1.96 bits per heavy atom. The number of fused-ring (bicyclic) bond motifs is 2. The molecule has 0 fully saturated rings. The van der Waals surface area contributed by atoms with E-state index in [4.69, 9.17) is 5.73 Å². The van der Waals surface area contributed by atoms with Crippen molar-refractivity contribution in [2.24, 2.45) is 10.7 Å². The highest BCUT2D eigenvalue weighted by Crippen LogP contribution is 2.30. The van der Waals surface area contributed by atoms with E-state index in [9.17, 15) is 0 Å². The van der Waals surface area contributed by atoms with Gasteiger partial charge < -0.3 is 15.6 Å². The van der Waals surface area contributed by atoms with Crippen molar-refractivity contribution in [3.63, 3.8) is 0 Å². The van der Waals surface area contributed by atoms with Crippen LogP contribution in [0.15, 0.2) is 53.7 Å². The summed E-state index contributed by atoms with van der Waals surface area (Å²) in [7, 11) is 5.89. The number of H-pyrrole nitrogens is 2. The van der Waals surface area contributed by atoms with Crippen LogP contribution < -0.4 is 5.73 Å². The predicted octanol–water partition coefficient (Wildman–Crippen LogP) is 3.77. The first-order valence-corrected chi connectivity index (χ1v) is 9.18. The molecule has 4 N–H and O–H groups in total. The Hall–Kier alpha value is -3.38. The maximum atomic E-state index is 5.77. The molecule has 4 rings (SSSR count). The van der Waals surface area contributed by atoms with Gasteiger partial charge in [0.2, 0.25) is 0 Å². The molecule has 6 nitrogen and oxygen atoms in total. The summed E-state index contributed by atoms with van der Waals surface area (Å²) in [4.78, 5) is 9.75. The van der Waals surface area contributed by atoms with Crippen molar-refractivity contribution < 1.29 is 0 Å². The fraction of sp³-hybridized carbons (Fsp3) is 0.182. The van der Waals surface area contributed by atoms with Crippen molar-refractivity contribution in [2.75, 3.05) is 21.1 Å². The molecule has 0 bridgehead atoms. The fourth-order valence-corrected chi connectivity index (χ4v) is 3.52. The van der Waals surface area contributed by atoms with E-state index in [0.29, 0.717) is 0 Å². The second kappa shape index (κ2) is 7.32. The van der Waals surface area contributed by atoms with Crippen LogP contribution in [-0.2, 0) is 6.54 Å². The van der Waals surface area contributed by atoms with E-state index in [0.717, 1.165) is 45.5 Å². The summed E-state index contributed by atoms with van der Waals surface area (Å²) < 4.78 is 0. The molecule has 2 aromatic carbocycles. The summed E-state index contributed by atoms with van der Waals surface area (Å²) in [6, 6.07) is 14.8. The Morgan fingerprint density at radius 3 is 2.71 bits per heavy atom. The standard InChI is InChI=1S/C22H24N6/c1-24-12-17(11-23)15-5-7-20-18(9-15)22(27-26-20)21-10-16-8-14(13-28(2)3)4-6-19(16)25-21/h4-12,25H,13,23H2,1-3H3,(H,26,27). The first kappa shape index (κ1) is 18.0. The molecule has 2 heterocycles. The molecule has 0 radical (unpaired) electrons. The highest BCUT2D eigenvalue weighted by Gasteiger charge is 2.13. The van der Waals surface area contributed by atoms with Gasteiger partial charge in [-0.15, -0.1) is 0 Å². The van der Waals surface area contributed by atoms with Gasteiger partial charge in [-0.3, -0.25) is 10.1 Å². The first-order chi connectivity index (χ1) is 13.6. The third-order valence-electron chi connectivity index (χ3n) is 4.78. The molecule has 4 aromatic rings. The van der Waals surface area contributed by atoms with Crippen molar-refractivity contribution >= 4 is 33.6 Å². The second-order valence-electron chi connectivity index (χ2n) is 7.18. The van der Waals surface area contributed by atoms with Crippen LogP contribution in [0.3, 0.4) is 0 Å². The number of allylic oxidation sites excluding steroid dienone is 1. The zero-order valence-corrected chi connectivity index (χ0v) is 16.3. The number of rotatable bonds is 5. The smallest absolute Gasteiger partial charge is 0.116 e. The minimum absolute atomic E-state index is 0.876. The van der Waals surface area contributed by atoms with E-state index in [2.05, 4.69) is 69.5 Å². The Labute approximate surface area is 163 Å². The van der Waals surface area contributed by atoms with Crippen molar-refractivity contribution in [3.8, 4) is 11.4 Å². The van der Waals surface area contributed by atoms with Crippen LogP contribution in [0.1, 0.15) is 11.1 Å². The molecule has 142 valence electrons. The highest BCUT2D eigenvalue weighted by molar-refractivity contribution is 6.11. The normalized spacial score (nSPS) is 12.8. The number of benzene rings is 2. The minimum Gasteiger partial charge on any atom is -0.404 e. The molecule has 0 aliphatic rings. The van der Waals surface area contributed by atoms with Gasteiger partial charge >= 0.3 is 0 Å². The van der Waals surface area contributed by atoms with Gasteiger partial charge in [-0.2, -0.15) is 5.10 Å². The van der Waals surface area contributed by atoms with Crippen molar-refractivity contribution in [1.82, 2.24) is 20.1 Å². The van der Waals surface area contributed by atoms with E-state index in [1.807, 2.05) is 12.1 Å². The molecule has 0 unspecified atom stereocenters. The molecule has 0 aliphatic carbocycles. The van der Waals surface area contributed by atoms with Gasteiger partial charge in [-0.25, -0.2) is 0 Å². The lowest BCUT2D eigenvalue weighted by atomic mass is 10.0. The van der Waals surface area contributed by atoms with Gasteiger partial charge in [0.25, 0.3) is 0 Å². The second-order valence-corrected chi connectivity index (χ2v) is 7.18. The topological polar surface area (TPSA) is 86.1 Å². The van der Waals surface area contributed by atoms with Crippen LogP contribution in [-0.4, -0.2) is 47.4 Å². The summed E-state index contributed by atoms with van der Waals surface area (Å²) in [6.45, 7) is 0.915. The Morgan fingerprint density at radius 1 is 1.14 bits per heavy atom. The lowest BCUT2D eigenvalue weighted by molar-refractivity contribution is 0.403. The van der Waals surface area contributed by atoms with Crippen LogP contribution in [0.5, 0.6) is 0 Å². The lowest BCUT2D eigenvalue weighted by Gasteiger charge is -2.09. The van der Waals surface area contributed by atoms with Crippen molar-refractivity contribution in [3.05, 3.63) is 59.8 Å². The molecule has 0 saturated heterocycles. The van der Waals surface area contributed by atoms with Crippen LogP contribution in [0.4, 0.5) is 0 Å². The van der Waals surface area contributed by atoms with Crippen molar-refractivity contribution in [1.29, 1.82) is 0 Å². The largest absolute Gasteiger partial charge is 0.404 e. The summed E-state index contributed by atoms with van der Waals surface area (Å²) >= 11 is 0. The molecular formula is C22H24N6. The first-order valence-electron chi connectivity index (χ1n) is 9.18. The average Bonchev–Trinajstić information content (AvgIpc) is 3.28. The maximum Gasteiger partial charge on any atom is 0.116 e. The number of aromatic nitrogens is 3. The number of hydrogen-bond donors (Lipinski definition) is 3. The van der Waals surface area contributed by atoms with Gasteiger partial charge in [0.1, 0.15) is 5.69 Å². The predicted molar refractivity (Wildman–Crippen MR) is 117 cm³/mol. The van der Waals surface area contributed by atoms with E-state index in [1.54, 1.807) is 19.5 Å². The van der Waals surface area contributed by atoms with Gasteiger partial charge in [0, 0.05) is 47.9 Å². The number of hydrogen-bond acceptors (Lipinski definition) is 4. The molecule has 0 aliphatic heterocycles. The van der Waals surface area contributed by atoms with Crippen LogP contribution >= 0.6 is 0 Å². The molecule has 28 heavy (non-hydrogen) atoms. The van der Waals surface area contributed by atoms with Gasteiger partial charge in [0.15, 0.2) is 0 Å². The van der Waals surface area contributed by atoms with Crippen molar-refractivity contribution in [2.45, 2.75) is 6.54 Å². The molecule has 6 heteroatoms. The molecule has 0 spiro atoms.